The van der Waals surface area contributed by atoms with Crippen LogP contribution in [0.2, 0.25) is 0 Å². The van der Waals surface area contributed by atoms with Crippen molar-refractivity contribution >= 4 is 23.3 Å². The highest BCUT2D eigenvalue weighted by atomic mass is 16.2. The fourth-order valence-corrected chi connectivity index (χ4v) is 4.47. The topological polar surface area (TPSA) is 74.3 Å². The number of urea groups is 1. The molecular weight excluding hydrogens is 376 g/mol. The van der Waals surface area contributed by atoms with Crippen LogP contribution in [0.4, 0.5) is 16.2 Å². The van der Waals surface area contributed by atoms with Gasteiger partial charge in [-0.1, -0.05) is 49.4 Å². The zero-order valence-electron chi connectivity index (χ0n) is 16.8. The number of anilines is 2. The second-order valence-electron chi connectivity index (χ2n) is 7.88. The lowest BCUT2D eigenvalue weighted by Gasteiger charge is -2.21. The second-order valence-corrected chi connectivity index (χ2v) is 7.88. The summed E-state index contributed by atoms with van der Waals surface area (Å²) in [6, 6.07) is 17.1. The Kier molecular flexibility index (Phi) is 4.28. The summed E-state index contributed by atoms with van der Waals surface area (Å²) in [5.41, 5.74) is 5.84. The van der Waals surface area contributed by atoms with E-state index in [1.54, 1.807) is 17.2 Å². The Balaban J connectivity index is 1.51. The van der Waals surface area contributed by atoms with Crippen LogP contribution in [-0.2, 0) is 0 Å². The third-order valence-corrected chi connectivity index (χ3v) is 5.97. The van der Waals surface area contributed by atoms with Gasteiger partial charge in [-0.05, 0) is 35.7 Å². The maximum atomic E-state index is 13.2. The normalized spacial score (nSPS) is 19.3. The molecule has 0 spiro atoms. The van der Waals surface area contributed by atoms with Gasteiger partial charge in [-0.15, -0.1) is 0 Å². The van der Waals surface area contributed by atoms with E-state index < -0.39 is 0 Å². The number of hydrogen-bond donors (Lipinski definition) is 2. The van der Waals surface area contributed by atoms with E-state index >= 15 is 0 Å². The molecule has 5 rings (SSSR count). The van der Waals surface area contributed by atoms with Crippen molar-refractivity contribution in [3.8, 4) is 0 Å². The van der Waals surface area contributed by atoms with Gasteiger partial charge in [-0.3, -0.25) is 14.7 Å². The maximum Gasteiger partial charge on any atom is 0.326 e. The molecule has 2 N–H and O–H groups in total. The number of pyridine rings is 1. The largest absolute Gasteiger partial charge is 0.340 e. The molecule has 0 aliphatic carbocycles. The van der Waals surface area contributed by atoms with E-state index in [1.807, 2.05) is 49.4 Å². The van der Waals surface area contributed by atoms with Crippen molar-refractivity contribution in [2.75, 3.05) is 16.8 Å². The minimum Gasteiger partial charge on any atom is -0.340 e. The zero-order chi connectivity index (χ0) is 20.8. The third-order valence-electron chi connectivity index (χ3n) is 5.97. The van der Waals surface area contributed by atoms with Crippen LogP contribution in [0.3, 0.4) is 0 Å². The Labute approximate surface area is 174 Å². The predicted octanol–water partition coefficient (Wildman–Crippen LogP) is 4.38. The van der Waals surface area contributed by atoms with Crippen molar-refractivity contribution in [2.45, 2.75) is 25.8 Å². The molecule has 6 nitrogen and oxygen atoms in total. The van der Waals surface area contributed by atoms with Gasteiger partial charge in [0, 0.05) is 29.9 Å². The first kappa shape index (κ1) is 18.4. The Morgan fingerprint density at radius 2 is 1.83 bits per heavy atom. The van der Waals surface area contributed by atoms with Gasteiger partial charge in [0.15, 0.2) is 0 Å². The summed E-state index contributed by atoms with van der Waals surface area (Å²) in [7, 11) is 0. The van der Waals surface area contributed by atoms with Gasteiger partial charge in [0.25, 0.3) is 5.91 Å². The summed E-state index contributed by atoms with van der Waals surface area (Å²) >= 11 is 0. The van der Waals surface area contributed by atoms with Crippen LogP contribution in [0.25, 0.3) is 0 Å². The number of fused-ring (bicyclic) bond motifs is 2. The van der Waals surface area contributed by atoms with E-state index in [0.717, 1.165) is 16.8 Å². The monoisotopic (exact) mass is 398 g/mol. The van der Waals surface area contributed by atoms with Crippen LogP contribution in [0.5, 0.6) is 0 Å². The van der Waals surface area contributed by atoms with E-state index in [9.17, 15) is 9.59 Å². The molecule has 0 radical (unpaired) electrons. The summed E-state index contributed by atoms with van der Waals surface area (Å²) in [6.07, 6.45) is 1.56. The van der Waals surface area contributed by atoms with Crippen LogP contribution in [0.1, 0.15) is 51.6 Å². The van der Waals surface area contributed by atoms with Gasteiger partial charge in [0.05, 0.1) is 11.7 Å². The first-order valence-electron chi connectivity index (χ1n) is 10.1. The van der Waals surface area contributed by atoms with Gasteiger partial charge >= 0.3 is 6.03 Å². The molecule has 3 amide bonds. The molecule has 0 saturated heterocycles. The highest BCUT2D eigenvalue weighted by Crippen LogP contribution is 2.38. The molecule has 6 heteroatoms. The SMILES string of the molecule is Cc1ccccc1[C@H]1NC(=O)c2nccc(NC(=O)N3C[C@@H](C)c4ccccc43)c21. The van der Waals surface area contributed by atoms with Gasteiger partial charge < -0.3 is 10.6 Å². The fraction of sp³-hybridized carbons (Fsp3) is 0.208. The summed E-state index contributed by atoms with van der Waals surface area (Å²) in [5, 5.41) is 6.06. The Morgan fingerprint density at radius 1 is 1.10 bits per heavy atom. The summed E-state index contributed by atoms with van der Waals surface area (Å²) < 4.78 is 0. The first-order valence-corrected chi connectivity index (χ1v) is 10.1. The fourth-order valence-electron chi connectivity index (χ4n) is 4.47. The number of carbonyl (C=O) groups is 2. The molecule has 2 aromatic carbocycles. The molecule has 3 aromatic rings. The van der Waals surface area contributed by atoms with E-state index in [4.69, 9.17) is 0 Å². The molecule has 150 valence electrons. The number of para-hydroxylation sites is 1. The lowest BCUT2D eigenvalue weighted by molar-refractivity contribution is 0.0956. The second kappa shape index (κ2) is 6.99. The molecule has 0 saturated carbocycles. The minimum atomic E-state index is -0.345. The van der Waals surface area contributed by atoms with Crippen molar-refractivity contribution in [2.24, 2.45) is 0 Å². The number of amides is 3. The smallest absolute Gasteiger partial charge is 0.326 e. The number of nitrogens with zero attached hydrogens (tertiary/aromatic N) is 2. The maximum absolute atomic E-state index is 13.2. The highest BCUT2D eigenvalue weighted by molar-refractivity contribution is 6.06. The van der Waals surface area contributed by atoms with Crippen LogP contribution in [-0.4, -0.2) is 23.5 Å². The average Bonchev–Trinajstić information content (AvgIpc) is 3.27. The Bertz CT molecular complexity index is 1170. The molecule has 0 fully saturated rings. The molecule has 2 aliphatic heterocycles. The van der Waals surface area contributed by atoms with Crippen molar-refractivity contribution in [3.05, 3.63) is 88.7 Å². The Morgan fingerprint density at radius 3 is 2.63 bits per heavy atom. The van der Waals surface area contributed by atoms with Gasteiger partial charge in [0.1, 0.15) is 5.69 Å². The van der Waals surface area contributed by atoms with Gasteiger partial charge in [0.2, 0.25) is 0 Å². The van der Waals surface area contributed by atoms with Gasteiger partial charge in [-0.25, -0.2) is 4.79 Å². The van der Waals surface area contributed by atoms with Crippen LogP contribution >= 0.6 is 0 Å². The van der Waals surface area contributed by atoms with Crippen LogP contribution in [0.15, 0.2) is 60.8 Å². The van der Waals surface area contributed by atoms with Crippen LogP contribution in [0, 0.1) is 6.92 Å². The average molecular weight is 398 g/mol. The molecule has 0 unspecified atom stereocenters. The van der Waals surface area contributed by atoms with E-state index in [2.05, 4.69) is 28.6 Å². The molecule has 0 bridgehead atoms. The zero-order valence-corrected chi connectivity index (χ0v) is 16.8. The number of hydrogen-bond acceptors (Lipinski definition) is 3. The first-order chi connectivity index (χ1) is 14.5. The highest BCUT2D eigenvalue weighted by Gasteiger charge is 2.36. The quantitative estimate of drug-likeness (QED) is 0.673. The number of carbonyl (C=O) groups excluding carboxylic acids is 2. The number of nitrogens with one attached hydrogen (secondary N) is 2. The number of rotatable bonds is 2. The number of aryl methyl sites for hydroxylation is 1. The van der Waals surface area contributed by atoms with Crippen molar-refractivity contribution in [1.82, 2.24) is 10.3 Å². The summed E-state index contributed by atoms with van der Waals surface area (Å²) in [4.78, 5) is 31.8. The predicted molar refractivity (Wildman–Crippen MR) is 116 cm³/mol. The molecule has 2 atom stereocenters. The molecule has 3 heterocycles. The summed E-state index contributed by atoms with van der Waals surface area (Å²) in [6.45, 7) is 4.75. The lowest BCUT2D eigenvalue weighted by atomic mass is 9.95. The molecule has 2 aliphatic rings. The van der Waals surface area contributed by atoms with E-state index in [1.165, 1.54) is 5.56 Å². The molecule has 30 heavy (non-hydrogen) atoms. The number of aromatic nitrogens is 1. The molecule has 1 aromatic heterocycles. The van der Waals surface area contributed by atoms with Crippen LogP contribution < -0.4 is 15.5 Å². The van der Waals surface area contributed by atoms with E-state index in [0.29, 0.717) is 23.5 Å². The lowest BCUT2D eigenvalue weighted by Crippen LogP contribution is -2.34. The van der Waals surface area contributed by atoms with Crippen molar-refractivity contribution < 1.29 is 9.59 Å². The van der Waals surface area contributed by atoms with Gasteiger partial charge in [-0.2, -0.15) is 0 Å². The summed E-state index contributed by atoms with van der Waals surface area (Å²) in [5.74, 6) is 0.0487. The number of benzene rings is 2. The molecular formula is C24H22N4O2. The van der Waals surface area contributed by atoms with Crippen molar-refractivity contribution in [1.29, 1.82) is 0 Å². The standard InChI is InChI=1S/C24H22N4O2/c1-14-7-3-4-9-17(14)21-20-18(11-12-25-22(20)23(29)27-21)26-24(30)28-13-15(2)16-8-5-6-10-19(16)28/h3-12,15,21H,13H2,1-2H3,(H,27,29)(H,25,26,30)/t15-,21-/m1/s1. The Hall–Kier alpha value is -3.67. The van der Waals surface area contributed by atoms with Crippen molar-refractivity contribution in [3.63, 3.8) is 0 Å². The minimum absolute atomic E-state index is 0.205. The van der Waals surface area contributed by atoms with E-state index in [-0.39, 0.29) is 23.9 Å². The third kappa shape index (κ3) is 2.84.